The van der Waals surface area contributed by atoms with Gasteiger partial charge < -0.3 is 10.1 Å². The van der Waals surface area contributed by atoms with Gasteiger partial charge in [0.05, 0.1) is 21.1 Å². The molecule has 6 aromatic rings. The third-order valence-electron chi connectivity index (χ3n) is 8.29. The minimum absolute atomic E-state index is 0.154. The van der Waals surface area contributed by atoms with Gasteiger partial charge in [0.1, 0.15) is 17.5 Å². The van der Waals surface area contributed by atoms with Crippen molar-refractivity contribution in [2.45, 2.75) is 50.9 Å². The van der Waals surface area contributed by atoms with Crippen LogP contribution in [0.4, 0.5) is 4.79 Å². The molecule has 5 aromatic carbocycles. The van der Waals surface area contributed by atoms with Crippen LogP contribution < -0.4 is 10.8 Å². The molecule has 0 aliphatic heterocycles. The number of aromatic nitrogens is 2. The van der Waals surface area contributed by atoms with E-state index in [-0.39, 0.29) is 12.8 Å². The minimum Gasteiger partial charge on any atom is -0.444 e. The summed E-state index contributed by atoms with van der Waals surface area (Å²) in [6, 6.07) is 41.2. The molecule has 0 aliphatic carbocycles. The predicted molar refractivity (Wildman–Crippen MR) is 201 cm³/mol. The summed E-state index contributed by atoms with van der Waals surface area (Å²) in [7, 11) is 0. The Morgan fingerprint density at radius 3 is 1.75 bits per heavy atom. The van der Waals surface area contributed by atoms with Crippen LogP contribution in [0.15, 0.2) is 133 Å². The monoisotopic (exact) mass is 720 g/mol. The fraction of sp³-hybridized carbons (Fsp3) is 0.195. The fourth-order valence-electron chi connectivity index (χ4n) is 6.04. The normalized spacial score (nSPS) is 12.3. The van der Waals surface area contributed by atoms with Crippen LogP contribution in [-0.4, -0.2) is 33.2 Å². The lowest BCUT2D eigenvalue weighted by molar-refractivity contribution is -0.145. The summed E-state index contributed by atoms with van der Waals surface area (Å²) >= 11 is 12.8. The van der Waals surface area contributed by atoms with Gasteiger partial charge in [-0.05, 0) is 68.1 Å². The summed E-state index contributed by atoms with van der Waals surface area (Å²) in [5.41, 5.74) is 5.38. The lowest BCUT2D eigenvalue weighted by Crippen LogP contribution is -2.50. The first-order chi connectivity index (χ1) is 24.5. The molecule has 260 valence electrons. The van der Waals surface area contributed by atoms with Crippen LogP contribution in [0.1, 0.15) is 49.7 Å². The van der Waals surface area contributed by atoms with Crippen molar-refractivity contribution < 1.29 is 19.2 Å². The highest BCUT2D eigenvalue weighted by atomic mass is 35.5. The van der Waals surface area contributed by atoms with Crippen molar-refractivity contribution in [2.24, 2.45) is 0 Å². The van der Waals surface area contributed by atoms with Crippen LogP contribution in [0.5, 0.6) is 0 Å². The fourth-order valence-corrected chi connectivity index (χ4v) is 6.36. The lowest BCUT2D eigenvalue weighted by atomic mass is 9.80. The molecule has 10 heteroatoms. The number of para-hydroxylation sites is 1. The van der Waals surface area contributed by atoms with Gasteiger partial charge in [-0.2, -0.15) is 0 Å². The maximum atomic E-state index is 14.3. The zero-order chi connectivity index (χ0) is 36.0. The van der Waals surface area contributed by atoms with Gasteiger partial charge in [-0.15, -0.1) is 0 Å². The van der Waals surface area contributed by atoms with Gasteiger partial charge >= 0.3 is 6.09 Å². The molecule has 0 radical (unpaired) electrons. The highest BCUT2D eigenvalue weighted by Crippen LogP contribution is 2.40. The Labute approximate surface area is 307 Å². The van der Waals surface area contributed by atoms with Crippen LogP contribution in [0, 0.1) is 0 Å². The number of benzene rings is 5. The quantitative estimate of drug-likeness (QED) is 0.103. The van der Waals surface area contributed by atoms with E-state index in [1.165, 1.54) is 0 Å². The second-order valence-corrected chi connectivity index (χ2v) is 13.9. The number of rotatable bonds is 11. The van der Waals surface area contributed by atoms with Crippen molar-refractivity contribution in [3.63, 3.8) is 0 Å². The van der Waals surface area contributed by atoms with E-state index in [0.717, 1.165) is 27.9 Å². The molecule has 1 heterocycles. The van der Waals surface area contributed by atoms with E-state index < -0.39 is 29.2 Å². The Kier molecular flexibility index (Phi) is 10.8. The van der Waals surface area contributed by atoms with Gasteiger partial charge in [-0.25, -0.2) is 15.3 Å². The summed E-state index contributed by atoms with van der Waals surface area (Å²) < 4.78 is 7.54. The number of alkyl carbamates (subject to hydrolysis) is 1. The maximum absolute atomic E-state index is 14.3. The van der Waals surface area contributed by atoms with E-state index in [1.54, 1.807) is 32.9 Å². The second kappa shape index (κ2) is 15.4. The molecule has 8 nitrogen and oxygen atoms in total. The van der Waals surface area contributed by atoms with E-state index in [4.69, 9.17) is 37.8 Å². The molecule has 1 unspecified atom stereocenters. The number of fused-ring (bicyclic) bond motifs is 1. The number of ether oxygens (including phenoxy) is 1. The molecular weight excluding hydrogens is 683 g/mol. The standard InChI is InChI=1S/C41H38Cl2N4O4/c1-40(2,3)50-39(49)45-34(24-25-37-44-35-26-32(42)33(43)27-36(35)47(37)31-22-14-7-15-23-31)38(48)46-51-41(28-16-8-4-9-17-28,29-18-10-5-11-19-29)30-20-12-6-13-21-30/h4-23,26-27,34H,24-25H2,1-3H3,(H,45,49)(H,46,48). The molecule has 2 N–H and O–H groups in total. The zero-order valence-electron chi connectivity index (χ0n) is 28.5. The number of carbonyl (C=O) groups excluding carboxylic acids is 2. The third-order valence-corrected chi connectivity index (χ3v) is 9.01. The first-order valence-corrected chi connectivity index (χ1v) is 17.4. The van der Waals surface area contributed by atoms with Crippen molar-refractivity contribution in [1.82, 2.24) is 20.3 Å². The summed E-state index contributed by atoms with van der Waals surface area (Å²) in [5.74, 6) is 0.0768. The Morgan fingerprint density at radius 1 is 0.745 bits per heavy atom. The van der Waals surface area contributed by atoms with Crippen molar-refractivity contribution in [1.29, 1.82) is 0 Å². The van der Waals surface area contributed by atoms with E-state index in [1.807, 2.05) is 126 Å². The van der Waals surface area contributed by atoms with Gasteiger partial charge in [-0.1, -0.05) is 132 Å². The molecule has 0 bridgehead atoms. The number of halogens is 2. The number of carbonyl (C=O) groups is 2. The summed E-state index contributed by atoms with van der Waals surface area (Å²) in [6.07, 6.45) is -0.298. The number of hydrogen-bond acceptors (Lipinski definition) is 5. The molecule has 0 saturated heterocycles. The number of nitrogens with one attached hydrogen (secondary N) is 2. The summed E-state index contributed by atoms with van der Waals surface area (Å²) in [4.78, 5) is 38.9. The van der Waals surface area contributed by atoms with Crippen LogP contribution in [0.25, 0.3) is 16.7 Å². The molecule has 0 fully saturated rings. The number of hydrogen-bond donors (Lipinski definition) is 2. The predicted octanol–water partition coefficient (Wildman–Crippen LogP) is 9.20. The highest BCUT2D eigenvalue weighted by Gasteiger charge is 2.40. The van der Waals surface area contributed by atoms with Gasteiger partial charge in [0, 0.05) is 12.1 Å². The first-order valence-electron chi connectivity index (χ1n) is 16.6. The number of aryl methyl sites for hydroxylation is 1. The summed E-state index contributed by atoms with van der Waals surface area (Å²) in [5, 5.41) is 3.56. The molecule has 1 atom stereocenters. The number of hydroxylamine groups is 1. The third kappa shape index (κ3) is 8.10. The van der Waals surface area contributed by atoms with Crippen LogP contribution >= 0.6 is 23.2 Å². The smallest absolute Gasteiger partial charge is 0.408 e. The van der Waals surface area contributed by atoms with E-state index in [0.29, 0.717) is 21.4 Å². The SMILES string of the molecule is CC(C)(C)OC(=O)NC(CCc1nc2cc(Cl)c(Cl)cc2n1-c1ccccc1)C(=O)NOC(c1ccccc1)(c1ccccc1)c1ccccc1. The second-order valence-electron chi connectivity index (χ2n) is 13.0. The van der Waals surface area contributed by atoms with E-state index in [2.05, 4.69) is 10.8 Å². The van der Waals surface area contributed by atoms with Gasteiger partial charge in [0.25, 0.3) is 5.91 Å². The first kappa shape index (κ1) is 35.7. The Bertz CT molecular complexity index is 2010. The molecule has 0 spiro atoms. The topological polar surface area (TPSA) is 94.5 Å². The van der Waals surface area contributed by atoms with E-state index >= 15 is 0 Å². The number of imidazole rings is 1. The molecular formula is C41H38Cl2N4O4. The van der Waals surface area contributed by atoms with Crippen LogP contribution in [-0.2, 0) is 26.4 Å². The Balaban J connectivity index is 1.36. The van der Waals surface area contributed by atoms with Crippen molar-refractivity contribution >= 4 is 46.2 Å². The van der Waals surface area contributed by atoms with Gasteiger partial charge in [0.15, 0.2) is 5.60 Å². The van der Waals surface area contributed by atoms with Gasteiger partial charge in [0.2, 0.25) is 0 Å². The highest BCUT2D eigenvalue weighted by molar-refractivity contribution is 6.42. The Hall–Kier alpha value is -5.15. The summed E-state index contributed by atoms with van der Waals surface area (Å²) in [6.45, 7) is 5.28. The van der Waals surface area contributed by atoms with Crippen LogP contribution in [0.3, 0.4) is 0 Å². The van der Waals surface area contributed by atoms with Crippen molar-refractivity contribution in [3.8, 4) is 5.69 Å². The lowest BCUT2D eigenvalue weighted by Gasteiger charge is -2.35. The van der Waals surface area contributed by atoms with Crippen molar-refractivity contribution in [3.05, 3.63) is 166 Å². The number of nitrogens with zero attached hydrogens (tertiary/aromatic N) is 2. The molecule has 51 heavy (non-hydrogen) atoms. The maximum Gasteiger partial charge on any atom is 0.408 e. The van der Waals surface area contributed by atoms with Gasteiger partial charge in [-0.3, -0.25) is 14.2 Å². The molecule has 2 amide bonds. The van der Waals surface area contributed by atoms with E-state index in [9.17, 15) is 9.59 Å². The van der Waals surface area contributed by atoms with Crippen LogP contribution in [0.2, 0.25) is 10.0 Å². The minimum atomic E-state index is -1.23. The largest absolute Gasteiger partial charge is 0.444 e. The molecule has 0 saturated carbocycles. The molecule has 1 aromatic heterocycles. The average Bonchev–Trinajstić information content (AvgIpc) is 3.48. The average molecular weight is 722 g/mol. The zero-order valence-corrected chi connectivity index (χ0v) is 30.0. The Morgan fingerprint density at radius 2 is 1.24 bits per heavy atom. The molecule has 0 aliphatic rings. The van der Waals surface area contributed by atoms with Crippen molar-refractivity contribution in [2.75, 3.05) is 0 Å². The number of amides is 2. The molecule has 6 rings (SSSR count).